The summed E-state index contributed by atoms with van der Waals surface area (Å²) in [6, 6.07) is 22.9. The van der Waals surface area contributed by atoms with Gasteiger partial charge in [0.25, 0.3) is 5.91 Å². The summed E-state index contributed by atoms with van der Waals surface area (Å²) >= 11 is 3.42. The summed E-state index contributed by atoms with van der Waals surface area (Å²) in [5, 5.41) is 4.04. The zero-order valence-corrected chi connectivity index (χ0v) is 16.4. The molecule has 27 heavy (non-hydrogen) atoms. The second-order valence-electron chi connectivity index (χ2n) is 6.00. The van der Waals surface area contributed by atoms with Crippen LogP contribution in [0.5, 0.6) is 5.75 Å². The van der Waals surface area contributed by atoms with Gasteiger partial charge in [0, 0.05) is 10.0 Å². The van der Waals surface area contributed by atoms with Gasteiger partial charge in [-0.1, -0.05) is 58.4 Å². The second-order valence-corrected chi connectivity index (χ2v) is 6.92. The van der Waals surface area contributed by atoms with E-state index < -0.39 is 0 Å². The van der Waals surface area contributed by atoms with Crippen LogP contribution in [0, 0.1) is 6.92 Å². The Hall–Kier alpha value is -2.92. The van der Waals surface area contributed by atoms with E-state index in [1.807, 2.05) is 73.7 Å². The fourth-order valence-corrected chi connectivity index (χ4v) is 2.75. The fourth-order valence-electron chi connectivity index (χ4n) is 2.49. The lowest BCUT2D eigenvalue weighted by Crippen LogP contribution is -2.18. The SMILES string of the molecule is Cc1ccccc1C(=O)N/N=C\c1cccc(OCc2ccc(Br)cc2)c1. The highest BCUT2D eigenvalue weighted by molar-refractivity contribution is 9.10. The van der Waals surface area contributed by atoms with E-state index in [1.54, 1.807) is 12.3 Å². The summed E-state index contributed by atoms with van der Waals surface area (Å²) in [6.45, 7) is 2.38. The van der Waals surface area contributed by atoms with Crippen molar-refractivity contribution in [2.45, 2.75) is 13.5 Å². The lowest BCUT2D eigenvalue weighted by atomic mass is 10.1. The van der Waals surface area contributed by atoms with Crippen molar-refractivity contribution in [2.24, 2.45) is 5.10 Å². The van der Waals surface area contributed by atoms with Gasteiger partial charge in [-0.2, -0.15) is 5.10 Å². The number of rotatable bonds is 6. The van der Waals surface area contributed by atoms with Crippen molar-refractivity contribution in [1.82, 2.24) is 5.43 Å². The van der Waals surface area contributed by atoms with Crippen molar-refractivity contribution >= 4 is 28.1 Å². The molecule has 0 atom stereocenters. The molecule has 0 saturated heterocycles. The number of amides is 1. The number of nitrogens with one attached hydrogen (secondary N) is 1. The van der Waals surface area contributed by atoms with Crippen molar-refractivity contribution in [3.63, 3.8) is 0 Å². The number of hydrogen-bond acceptors (Lipinski definition) is 3. The molecule has 5 heteroatoms. The number of ether oxygens (including phenoxy) is 1. The fraction of sp³-hybridized carbons (Fsp3) is 0.0909. The van der Waals surface area contributed by atoms with Crippen LogP contribution in [0.1, 0.15) is 27.0 Å². The van der Waals surface area contributed by atoms with Crippen molar-refractivity contribution in [1.29, 1.82) is 0 Å². The van der Waals surface area contributed by atoms with E-state index in [4.69, 9.17) is 4.74 Å². The largest absolute Gasteiger partial charge is 0.489 e. The van der Waals surface area contributed by atoms with Crippen LogP contribution in [-0.4, -0.2) is 12.1 Å². The Labute approximate surface area is 167 Å². The van der Waals surface area contributed by atoms with Crippen LogP contribution in [-0.2, 0) is 6.61 Å². The monoisotopic (exact) mass is 422 g/mol. The lowest BCUT2D eigenvalue weighted by molar-refractivity contribution is 0.0954. The van der Waals surface area contributed by atoms with Crippen molar-refractivity contribution in [2.75, 3.05) is 0 Å². The molecule has 3 aromatic carbocycles. The molecule has 0 radical (unpaired) electrons. The molecule has 0 unspecified atom stereocenters. The molecule has 3 rings (SSSR count). The molecule has 0 aliphatic heterocycles. The third kappa shape index (κ3) is 5.53. The van der Waals surface area contributed by atoms with Crippen molar-refractivity contribution in [3.8, 4) is 5.75 Å². The van der Waals surface area contributed by atoms with Gasteiger partial charge in [0.1, 0.15) is 12.4 Å². The third-order valence-electron chi connectivity index (χ3n) is 3.95. The molecule has 0 heterocycles. The molecule has 3 aromatic rings. The molecule has 4 nitrogen and oxygen atoms in total. The van der Waals surface area contributed by atoms with Gasteiger partial charge in [-0.25, -0.2) is 5.43 Å². The quantitative estimate of drug-likeness (QED) is 0.443. The molecule has 1 N–H and O–H groups in total. The number of nitrogens with zero attached hydrogens (tertiary/aromatic N) is 1. The molecule has 1 amide bonds. The Kier molecular flexibility index (Phi) is 6.39. The van der Waals surface area contributed by atoms with E-state index in [9.17, 15) is 4.79 Å². The van der Waals surface area contributed by atoms with Crippen LogP contribution in [0.15, 0.2) is 82.4 Å². The maximum absolute atomic E-state index is 12.2. The van der Waals surface area contributed by atoms with Crippen LogP contribution in [0.3, 0.4) is 0 Å². The zero-order valence-electron chi connectivity index (χ0n) is 14.9. The first-order valence-electron chi connectivity index (χ1n) is 8.48. The maximum atomic E-state index is 12.2. The molecule has 0 aliphatic rings. The second kappa shape index (κ2) is 9.14. The van der Waals surface area contributed by atoms with Crippen LogP contribution in [0.25, 0.3) is 0 Å². The number of carbonyl (C=O) groups is 1. The van der Waals surface area contributed by atoms with E-state index in [-0.39, 0.29) is 5.91 Å². The average Bonchev–Trinajstić information content (AvgIpc) is 2.68. The number of aryl methyl sites for hydroxylation is 1. The first-order valence-corrected chi connectivity index (χ1v) is 9.27. The highest BCUT2D eigenvalue weighted by Crippen LogP contribution is 2.16. The predicted octanol–water partition coefficient (Wildman–Crippen LogP) is 5.10. The molecule has 0 aliphatic carbocycles. The lowest BCUT2D eigenvalue weighted by Gasteiger charge is -2.07. The number of carbonyl (C=O) groups excluding carboxylic acids is 1. The van der Waals surface area contributed by atoms with E-state index in [0.717, 1.165) is 26.9 Å². The first-order chi connectivity index (χ1) is 13.1. The van der Waals surface area contributed by atoms with Gasteiger partial charge >= 0.3 is 0 Å². The van der Waals surface area contributed by atoms with Gasteiger partial charge in [-0.3, -0.25) is 4.79 Å². The molecule has 136 valence electrons. The highest BCUT2D eigenvalue weighted by Gasteiger charge is 2.06. The van der Waals surface area contributed by atoms with Crippen molar-refractivity contribution in [3.05, 3.63) is 99.5 Å². The minimum absolute atomic E-state index is 0.230. The average molecular weight is 423 g/mol. The van der Waals surface area contributed by atoms with E-state index in [2.05, 4.69) is 26.5 Å². The van der Waals surface area contributed by atoms with Crippen LogP contribution in [0.2, 0.25) is 0 Å². The van der Waals surface area contributed by atoms with Gasteiger partial charge in [-0.05, 0) is 53.9 Å². The Morgan fingerprint density at radius 1 is 1.07 bits per heavy atom. The van der Waals surface area contributed by atoms with Crippen LogP contribution in [0.4, 0.5) is 0 Å². The normalized spacial score (nSPS) is 10.7. The van der Waals surface area contributed by atoms with Crippen LogP contribution >= 0.6 is 15.9 Å². The van der Waals surface area contributed by atoms with E-state index in [1.165, 1.54) is 0 Å². The van der Waals surface area contributed by atoms with Crippen LogP contribution < -0.4 is 10.2 Å². The topological polar surface area (TPSA) is 50.7 Å². The first kappa shape index (κ1) is 18.9. The Morgan fingerprint density at radius 2 is 1.85 bits per heavy atom. The smallest absolute Gasteiger partial charge is 0.271 e. The molecular formula is C22H19BrN2O2. The Bertz CT molecular complexity index is 953. The predicted molar refractivity (Wildman–Crippen MR) is 111 cm³/mol. The summed E-state index contributed by atoms with van der Waals surface area (Å²) < 4.78 is 6.86. The van der Waals surface area contributed by atoms with Gasteiger partial charge < -0.3 is 4.74 Å². The summed E-state index contributed by atoms with van der Waals surface area (Å²) in [6.07, 6.45) is 1.60. The molecule has 0 fully saturated rings. The Balaban J connectivity index is 1.58. The summed E-state index contributed by atoms with van der Waals surface area (Å²) in [5.41, 5.74) is 6.01. The summed E-state index contributed by atoms with van der Waals surface area (Å²) in [5.74, 6) is 0.513. The van der Waals surface area contributed by atoms with Gasteiger partial charge in [0.2, 0.25) is 0 Å². The van der Waals surface area contributed by atoms with Gasteiger partial charge in [0.15, 0.2) is 0 Å². The zero-order chi connectivity index (χ0) is 19.1. The summed E-state index contributed by atoms with van der Waals surface area (Å²) in [7, 11) is 0. The molecule has 0 saturated carbocycles. The number of hydrogen-bond donors (Lipinski definition) is 1. The number of hydrazone groups is 1. The molecule has 0 bridgehead atoms. The highest BCUT2D eigenvalue weighted by atomic mass is 79.9. The van der Waals surface area contributed by atoms with Gasteiger partial charge in [0.05, 0.1) is 6.21 Å². The third-order valence-corrected chi connectivity index (χ3v) is 4.47. The molecule has 0 spiro atoms. The number of halogens is 1. The number of benzene rings is 3. The molecular weight excluding hydrogens is 404 g/mol. The van der Waals surface area contributed by atoms with E-state index >= 15 is 0 Å². The Morgan fingerprint density at radius 3 is 2.63 bits per heavy atom. The minimum atomic E-state index is -0.230. The van der Waals surface area contributed by atoms with Crippen molar-refractivity contribution < 1.29 is 9.53 Å². The maximum Gasteiger partial charge on any atom is 0.271 e. The van der Waals surface area contributed by atoms with E-state index in [0.29, 0.717) is 12.2 Å². The standard InChI is InChI=1S/C22H19BrN2O2/c1-16-5-2-3-8-21(16)22(26)25-24-14-18-6-4-7-20(13-18)27-15-17-9-11-19(23)12-10-17/h2-14H,15H2,1H3,(H,25,26)/b24-14-. The molecule has 0 aromatic heterocycles. The minimum Gasteiger partial charge on any atom is -0.489 e. The summed E-state index contributed by atoms with van der Waals surface area (Å²) in [4.78, 5) is 12.2. The van der Waals surface area contributed by atoms with Gasteiger partial charge in [-0.15, -0.1) is 0 Å².